The zero-order valence-electron chi connectivity index (χ0n) is 20.5. The van der Waals surface area contributed by atoms with Crippen LogP contribution in [-0.2, 0) is 19.0 Å². The predicted molar refractivity (Wildman–Crippen MR) is 122 cm³/mol. The highest BCUT2D eigenvalue weighted by molar-refractivity contribution is 5.68. The van der Waals surface area contributed by atoms with Gasteiger partial charge in [-0.3, -0.25) is 9.69 Å². The molecule has 3 rings (SSSR count). The Hall–Kier alpha value is -1.68. The van der Waals surface area contributed by atoms with E-state index in [1.807, 2.05) is 32.6 Å². The van der Waals surface area contributed by atoms with Crippen LogP contribution in [0.2, 0.25) is 0 Å². The van der Waals surface area contributed by atoms with Crippen LogP contribution in [0.15, 0.2) is 11.6 Å². The van der Waals surface area contributed by atoms with Crippen LogP contribution in [0.3, 0.4) is 0 Å². The van der Waals surface area contributed by atoms with Gasteiger partial charge in [-0.1, -0.05) is 18.6 Å². The van der Waals surface area contributed by atoms with Gasteiger partial charge >= 0.3 is 12.1 Å². The van der Waals surface area contributed by atoms with Crippen molar-refractivity contribution < 1.29 is 34.0 Å². The molecule has 1 unspecified atom stereocenters. The van der Waals surface area contributed by atoms with Gasteiger partial charge in [0.15, 0.2) is 0 Å². The smallest absolute Gasteiger partial charge is 0.407 e. The quantitative estimate of drug-likeness (QED) is 0.330. The third kappa shape index (κ3) is 6.07. The molecule has 2 aliphatic heterocycles. The van der Waals surface area contributed by atoms with Gasteiger partial charge in [0.25, 0.3) is 0 Å². The van der Waals surface area contributed by atoms with E-state index in [4.69, 9.17) is 19.3 Å². The Bertz CT molecular complexity index is 739. The number of ether oxygens (including phenoxy) is 3. The number of nitrogens with one attached hydrogen (secondary N) is 1. The third-order valence-corrected chi connectivity index (χ3v) is 7.59. The molecule has 2 saturated heterocycles. The molecule has 0 aromatic rings. The van der Waals surface area contributed by atoms with Gasteiger partial charge in [0.2, 0.25) is 0 Å². The fourth-order valence-electron chi connectivity index (χ4n) is 5.31. The fourth-order valence-corrected chi connectivity index (χ4v) is 5.31. The van der Waals surface area contributed by atoms with Crippen molar-refractivity contribution in [2.45, 2.75) is 82.8 Å². The molecule has 1 amide bonds. The lowest BCUT2D eigenvalue weighted by atomic mass is 9.63. The van der Waals surface area contributed by atoms with Crippen LogP contribution in [0.1, 0.15) is 53.4 Å². The number of aliphatic hydroxyl groups is 1. The van der Waals surface area contributed by atoms with Crippen molar-refractivity contribution in [3.63, 3.8) is 0 Å². The predicted octanol–water partition coefficient (Wildman–Crippen LogP) is 2.18. The summed E-state index contributed by atoms with van der Waals surface area (Å²) >= 11 is 0. The highest BCUT2D eigenvalue weighted by Gasteiger charge is 2.65. The van der Waals surface area contributed by atoms with E-state index in [1.54, 1.807) is 7.11 Å². The lowest BCUT2D eigenvalue weighted by molar-refractivity contribution is -0.178. The lowest BCUT2D eigenvalue weighted by Crippen LogP contribution is -2.62. The zero-order chi connectivity index (χ0) is 24.4. The Morgan fingerprint density at radius 2 is 2.03 bits per heavy atom. The fraction of sp³-hybridized carbons (Fsp3) is 0.833. The van der Waals surface area contributed by atoms with Gasteiger partial charge in [0.05, 0.1) is 30.3 Å². The molecule has 3 fully saturated rings. The van der Waals surface area contributed by atoms with Crippen LogP contribution in [-0.4, -0.2) is 90.0 Å². The molecule has 3 N–H and O–H groups in total. The second kappa shape index (κ2) is 10.3. The maximum Gasteiger partial charge on any atom is 0.407 e. The Balaban J connectivity index is 1.60. The van der Waals surface area contributed by atoms with Crippen LogP contribution in [0.5, 0.6) is 0 Å². The summed E-state index contributed by atoms with van der Waals surface area (Å²) in [5, 5.41) is 23.3. The monoisotopic (exact) mass is 468 g/mol. The van der Waals surface area contributed by atoms with Gasteiger partial charge in [-0.15, -0.1) is 0 Å². The number of allylic oxidation sites excluding steroid dienone is 2. The SMILES string of the molecule is CO[C@@H]1[C@H](OC(=O)NC2CN(CCC(=O)O)C2)CC[C@]2(CO2)[C@H]1[C@@](C)(O)C(C)CC=C(C)C. The molecule has 0 radical (unpaired) electrons. The van der Waals surface area contributed by atoms with Gasteiger partial charge in [-0.2, -0.15) is 0 Å². The molecule has 0 bridgehead atoms. The first-order valence-electron chi connectivity index (χ1n) is 11.9. The maximum atomic E-state index is 12.6. The lowest BCUT2D eigenvalue weighted by Gasteiger charge is -2.49. The van der Waals surface area contributed by atoms with Crippen molar-refractivity contribution in [1.29, 1.82) is 0 Å². The van der Waals surface area contributed by atoms with E-state index >= 15 is 0 Å². The molecule has 1 aliphatic carbocycles. The number of carbonyl (C=O) groups excluding carboxylic acids is 1. The first kappa shape index (κ1) is 25.9. The highest BCUT2D eigenvalue weighted by atomic mass is 16.6. The van der Waals surface area contributed by atoms with Crippen molar-refractivity contribution in [2.75, 3.05) is 33.4 Å². The Kier molecular flexibility index (Phi) is 8.09. The minimum atomic E-state index is -1.07. The molecular formula is C24H40N2O7. The van der Waals surface area contributed by atoms with Crippen LogP contribution >= 0.6 is 0 Å². The number of nitrogens with zero attached hydrogens (tertiary/aromatic N) is 1. The molecule has 6 atom stereocenters. The number of rotatable bonds is 10. The third-order valence-electron chi connectivity index (χ3n) is 7.59. The number of methoxy groups -OCH3 is 1. The summed E-state index contributed by atoms with van der Waals surface area (Å²) < 4.78 is 17.5. The zero-order valence-corrected chi connectivity index (χ0v) is 20.5. The normalized spacial score (nSPS) is 32.4. The topological polar surface area (TPSA) is 121 Å². The van der Waals surface area contributed by atoms with Gasteiger partial charge in [0.1, 0.15) is 12.2 Å². The largest absolute Gasteiger partial charge is 0.481 e. The number of alkyl carbamates (subject to hydrolysis) is 1. The summed E-state index contributed by atoms with van der Waals surface area (Å²) in [6.07, 6.45) is 2.79. The van der Waals surface area contributed by atoms with Crippen molar-refractivity contribution in [2.24, 2.45) is 11.8 Å². The standard InChI is InChI=1S/C24H40N2O7/c1-15(2)6-7-16(3)23(4,30)21-20(31-5)18(8-10-24(21)14-32-24)33-22(29)25-17-12-26(13-17)11-9-19(27)28/h6,16-18,20-21,30H,7-14H2,1-5H3,(H,25,29)(H,27,28)/t16?,18-,20-,21-,23+,24+/m1/s1. The van der Waals surface area contributed by atoms with Gasteiger partial charge < -0.3 is 29.7 Å². The van der Waals surface area contributed by atoms with Gasteiger partial charge in [-0.05, 0) is 46.0 Å². The number of epoxide rings is 1. The van der Waals surface area contributed by atoms with Gasteiger partial charge in [0, 0.05) is 32.7 Å². The summed E-state index contributed by atoms with van der Waals surface area (Å²) in [5.74, 6) is -1.18. The van der Waals surface area contributed by atoms with E-state index in [-0.39, 0.29) is 24.3 Å². The Labute approximate surface area is 196 Å². The van der Waals surface area contributed by atoms with Gasteiger partial charge in [-0.25, -0.2) is 4.79 Å². The van der Waals surface area contributed by atoms with E-state index in [1.165, 1.54) is 5.57 Å². The van der Waals surface area contributed by atoms with Crippen LogP contribution in [0.4, 0.5) is 4.79 Å². The molecule has 1 spiro atoms. The Morgan fingerprint density at radius 3 is 2.58 bits per heavy atom. The molecular weight excluding hydrogens is 428 g/mol. The molecule has 0 aromatic carbocycles. The van der Waals surface area contributed by atoms with E-state index < -0.39 is 35.5 Å². The molecule has 188 valence electrons. The maximum absolute atomic E-state index is 12.6. The van der Waals surface area contributed by atoms with Crippen molar-refractivity contribution in [3.8, 4) is 0 Å². The number of hydrogen-bond acceptors (Lipinski definition) is 7. The molecule has 9 heteroatoms. The molecule has 0 aromatic heterocycles. The average Bonchev–Trinajstić information content (AvgIpc) is 3.47. The minimum Gasteiger partial charge on any atom is -0.481 e. The number of aliphatic carboxylic acids is 1. The van der Waals surface area contributed by atoms with E-state index in [9.17, 15) is 14.7 Å². The molecule has 9 nitrogen and oxygen atoms in total. The Morgan fingerprint density at radius 1 is 1.36 bits per heavy atom. The van der Waals surface area contributed by atoms with Crippen molar-refractivity contribution >= 4 is 12.1 Å². The molecule has 3 aliphatic rings. The second-order valence-electron chi connectivity index (χ2n) is 10.4. The number of carboxylic acid groups (broad SMARTS) is 1. The first-order valence-corrected chi connectivity index (χ1v) is 11.9. The first-order chi connectivity index (χ1) is 15.5. The summed E-state index contributed by atoms with van der Waals surface area (Å²) in [5.41, 5.74) is -0.295. The highest BCUT2D eigenvalue weighted by Crippen LogP contribution is 2.53. The number of carboxylic acids is 1. The van der Waals surface area contributed by atoms with Crippen LogP contribution in [0, 0.1) is 11.8 Å². The van der Waals surface area contributed by atoms with E-state index in [0.29, 0.717) is 39.1 Å². The number of carbonyl (C=O) groups is 2. The summed E-state index contributed by atoms with van der Waals surface area (Å²) in [4.78, 5) is 25.3. The summed E-state index contributed by atoms with van der Waals surface area (Å²) in [7, 11) is 1.59. The van der Waals surface area contributed by atoms with E-state index in [2.05, 4.69) is 11.4 Å². The van der Waals surface area contributed by atoms with Crippen molar-refractivity contribution in [1.82, 2.24) is 10.2 Å². The second-order valence-corrected chi connectivity index (χ2v) is 10.4. The van der Waals surface area contributed by atoms with E-state index in [0.717, 1.165) is 6.42 Å². The summed E-state index contributed by atoms with van der Waals surface area (Å²) in [6.45, 7) is 10.2. The minimum absolute atomic E-state index is 0.0320. The summed E-state index contributed by atoms with van der Waals surface area (Å²) in [6, 6.07) is -0.0583. The van der Waals surface area contributed by atoms with Crippen molar-refractivity contribution in [3.05, 3.63) is 11.6 Å². The number of likely N-dealkylation sites (tertiary alicyclic amines) is 1. The average molecular weight is 469 g/mol. The number of hydrogen-bond donors (Lipinski definition) is 3. The van der Waals surface area contributed by atoms with Crippen LogP contribution < -0.4 is 5.32 Å². The molecule has 1 saturated carbocycles. The van der Waals surface area contributed by atoms with Crippen LogP contribution in [0.25, 0.3) is 0 Å². The number of amides is 1. The molecule has 2 heterocycles. The molecule has 33 heavy (non-hydrogen) atoms.